The van der Waals surface area contributed by atoms with Gasteiger partial charge in [0.1, 0.15) is 11.6 Å². The van der Waals surface area contributed by atoms with Crippen LogP contribution >= 0.6 is 27.5 Å². The number of benzene rings is 4. The number of amides is 4. The zero-order valence-corrected chi connectivity index (χ0v) is 28.1. The number of hydrazine groups is 1. The molecule has 4 aliphatic rings. The van der Waals surface area contributed by atoms with E-state index in [0.717, 1.165) is 15.1 Å². The summed E-state index contributed by atoms with van der Waals surface area (Å²) >= 11 is 9.74. The van der Waals surface area contributed by atoms with E-state index in [1.54, 1.807) is 66.7 Å². The highest BCUT2D eigenvalue weighted by molar-refractivity contribution is 9.10. The molecule has 4 aromatic carbocycles. The number of hydrogen-bond acceptors (Lipinski definition) is 6. The largest absolute Gasteiger partial charge is 0.508 e. The number of allylic oxidation sites excluding steroid dienone is 2. The molecule has 0 spiro atoms. The molecule has 8 rings (SSSR count). The van der Waals surface area contributed by atoms with Crippen molar-refractivity contribution in [3.8, 4) is 5.75 Å². The average molecular weight is 741 g/mol. The third-order valence-corrected chi connectivity index (χ3v) is 11.3. The molecule has 0 bridgehead atoms. The fraction of sp³-hybridized carbons (Fsp3) is 0.211. The molecular weight excluding hydrogens is 713 g/mol. The molecule has 0 unspecified atom stereocenters. The number of hydrogen-bond donors (Lipinski definition) is 2. The Morgan fingerprint density at radius 3 is 2.27 bits per heavy atom. The number of aromatic hydroxyl groups is 1. The number of fused-ring (bicyclic) bond motifs is 4. The average Bonchev–Trinajstić information content (AvgIpc) is 3.47. The third kappa shape index (κ3) is 4.75. The van der Waals surface area contributed by atoms with Crippen LogP contribution < -0.4 is 10.3 Å². The van der Waals surface area contributed by atoms with E-state index in [1.165, 1.54) is 35.2 Å². The Kier molecular flexibility index (Phi) is 7.49. The highest BCUT2D eigenvalue weighted by Gasteiger charge is 2.70. The van der Waals surface area contributed by atoms with Crippen molar-refractivity contribution in [2.45, 2.75) is 24.2 Å². The fourth-order valence-corrected chi connectivity index (χ4v) is 8.97. The van der Waals surface area contributed by atoms with Gasteiger partial charge in [-0.1, -0.05) is 63.4 Å². The summed E-state index contributed by atoms with van der Waals surface area (Å²) in [7, 11) is 0. The standard InChI is InChI=1S/C38H28BrClFN3O5/c39-22-6-14-26(15-7-22)43-34(46)29-17-16-28-30(32(29)36(43)48)19-31-35(47)44(42-25-12-10-24(41)11-13-25)37(49)38(31,21-4-8-23(40)9-5-21)33(28)20-2-1-3-27(45)18-20/h1-16,18,29-33,42,45H,17,19H2/t29-,30+,31-,32-,33-,38+/m0/s1. The van der Waals surface area contributed by atoms with E-state index in [2.05, 4.69) is 21.4 Å². The highest BCUT2D eigenvalue weighted by atomic mass is 79.9. The lowest BCUT2D eigenvalue weighted by molar-refractivity contribution is -0.138. The van der Waals surface area contributed by atoms with E-state index in [-0.39, 0.29) is 30.4 Å². The van der Waals surface area contributed by atoms with E-state index < -0.39 is 52.6 Å². The van der Waals surface area contributed by atoms with Gasteiger partial charge in [-0.2, -0.15) is 5.01 Å². The Balaban J connectivity index is 1.31. The summed E-state index contributed by atoms with van der Waals surface area (Å²) < 4.78 is 14.6. The summed E-state index contributed by atoms with van der Waals surface area (Å²) in [5.74, 6) is -5.94. The number of nitrogens with zero attached hydrogens (tertiary/aromatic N) is 2. The van der Waals surface area contributed by atoms with Crippen LogP contribution in [0.5, 0.6) is 5.75 Å². The molecule has 2 aliphatic carbocycles. The summed E-state index contributed by atoms with van der Waals surface area (Å²) in [6.45, 7) is 0. The lowest BCUT2D eigenvalue weighted by Crippen LogP contribution is -2.53. The zero-order valence-electron chi connectivity index (χ0n) is 25.7. The van der Waals surface area contributed by atoms with Gasteiger partial charge in [0.25, 0.3) is 11.8 Å². The van der Waals surface area contributed by atoms with Gasteiger partial charge in [0, 0.05) is 15.4 Å². The molecule has 0 aromatic heterocycles. The van der Waals surface area contributed by atoms with E-state index in [0.29, 0.717) is 27.5 Å². The molecule has 6 atom stereocenters. The number of anilines is 2. The Hall–Kier alpha value is -4.80. The Labute approximate surface area is 294 Å². The van der Waals surface area contributed by atoms with Crippen LogP contribution in [0.15, 0.2) is 113 Å². The molecule has 2 heterocycles. The second-order valence-corrected chi connectivity index (χ2v) is 14.3. The minimum Gasteiger partial charge on any atom is -0.508 e. The first-order chi connectivity index (χ1) is 23.6. The zero-order chi connectivity index (χ0) is 34.2. The quantitative estimate of drug-likeness (QED) is 0.167. The van der Waals surface area contributed by atoms with Gasteiger partial charge in [0.05, 0.1) is 34.5 Å². The SMILES string of the molecule is O=C1[C@@H]2C[C@@H]3C(=CC[C@@H]4C(=O)N(c5ccc(Br)cc5)C(=O)[C@@H]43)[C@H](c3cccc(O)c3)[C@]2(c2ccc(Cl)cc2)C(=O)N1Nc1ccc(F)cc1. The molecule has 246 valence electrons. The Morgan fingerprint density at radius 2 is 1.57 bits per heavy atom. The fourth-order valence-electron chi connectivity index (χ4n) is 8.58. The first-order valence-corrected chi connectivity index (χ1v) is 17.1. The minimum atomic E-state index is -1.52. The van der Waals surface area contributed by atoms with Gasteiger partial charge in [-0.3, -0.25) is 29.5 Å². The monoisotopic (exact) mass is 739 g/mol. The maximum atomic E-state index is 15.1. The predicted molar refractivity (Wildman–Crippen MR) is 184 cm³/mol. The number of nitrogens with one attached hydrogen (secondary N) is 1. The van der Waals surface area contributed by atoms with Gasteiger partial charge in [0.15, 0.2) is 0 Å². The van der Waals surface area contributed by atoms with Gasteiger partial charge < -0.3 is 5.11 Å². The topological polar surface area (TPSA) is 107 Å². The Bertz CT molecular complexity index is 2070. The molecule has 4 aromatic rings. The maximum absolute atomic E-state index is 15.1. The molecule has 3 fully saturated rings. The normalized spacial score (nSPS) is 27.5. The molecule has 2 N–H and O–H groups in total. The minimum absolute atomic E-state index is 0.0247. The highest BCUT2D eigenvalue weighted by Crippen LogP contribution is 2.64. The number of phenolic OH excluding ortho intramolecular Hbond substituents is 1. The summed E-state index contributed by atoms with van der Waals surface area (Å²) in [5.41, 5.74) is 4.10. The van der Waals surface area contributed by atoms with Crippen molar-refractivity contribution in [1.82, 2.24) is 5.01 Å². The van der Waals surface area contributed by atoms with Crippen molar-refractivity contribution in [1.29, 1.82) is 0 Å². The summed E-state index contributed by atoms with van der Waals surface area (Å²) in [6.07, 6.45) is 2.34. The van der Waals surface area contributed by atoms with Crippen molar-refractivity contribution >= 4 is 62.5 Å². The lowest BCUT2D eigenvalue weighted by atomic mass is 9.49. The molecule has 2 saturated heterocycles. The van der Waals surface area contributed by atoms with Crippen LogP contribution in [0, 0.1) is 29.5 Å². The van der Waals surface area contributed by atoms with Gasteiger partial charge in [-0.15, -0.1) is 0 Å². The molecule has 49 heavy (non-hydrogen) atoms. The Morgan fingerprint density at radius 1 is 0.857 bits per heavy atom. The first-order valence-electron chi connectivity index (χ1n) is 15.9. The van der Waals surface area contributed by atoms with Crippen LogP contribution in [-0.2, 0) is 24.6 Å². The number of carbonyl (C=O) groups excluding carboxylic acids is 4. The maximum Gasteiger partial charge on any atom is 0.260 e. The number of halogens is 3. The first kappa shape index (κ1) is 31.5. The van der Waals surface area contributed by atoms with Crippen LogP contribution in [0.3, 0.4) is 0 Å². The summed E-state index contributed by atoms with van der Waals surface area (Å²) in [4.78, 5) is 59.2. The van der Waals surface area contributed by atoms with Crippen LogP contribution in [0.4, 0.5) is 15.8 Å². The van der Waals surface area contributed by atoms with Crippen LogP contribution in [0.25, 0.3) is 0 Å². The second kappa shape index (κ2) is 11.7. The van der Waals surface area contributed by atoms with Gasteiger partial charge >= 0.3 is 0 Å². The number of carbonyl (C=O) groups is 4. The van der Waals surface area contributed by atoms with Crippen molar-refractivity contribution in [3.05, 3.63) is 135 Å². The van der Waals surface area contributed by atoms with Crippen LogP contribution in [-0.4, -0.2) is 33.7 Å². The van der Waals surface area contributed by atoms with Crippen LogP contribution in [0.2, 0.25) is 5.02 Å². The second-order valence-electron chi connectivity index (χ2n) is 13.0. The molecule has 0 radical (unpaired) electrons. The molecule has 4 amide bonds. The van der Waals surface area contributed by atoms with E-state index in [4.69, 9.17) is 11.6 Å². The van der Waals surface area contributed by atoms with Gasteiger partial charge in [-0.25, -0.2) is 4.39 Å². The van der Waals surface area contributed by atoms with Crippen molar-refractivity contribution < 1.29 is 28.7 Å². The molecule has 8 nitrogen and oxygen atoms in total. The molecule has 11 heteroatoms. The predicted octanol–water partition coefficient (Wildman–Crippen LogP) is 7.14. The summed E-state index contributed by atoms with van der Waals surface area (Å²) in [6, 6.07) is 25.7. The number of phenols is 1. The third-order valence-electron chi connectivity index (χ3n) is 10.5. The van der Waals surface area contributed by atoms with Gasteiger partial charge in [-0.05, 0) is 103 Å². The molecule has 2 aliphatic heterocycles. The lowest BCUT2D eigenvalue weighted by Gasteiger charge is -2.50. The van der Waals surface area contributed by atoms with Crippen molar-refractivity contribution in [3.63, 3.8) is 0 Å². The molecular formula is C38H28BrClFN3O5. The smallest absolute Gasteiger partial charge is 0.260 e. The van der Waals surface area contributed by atoms with Crippen molar-refractivity contribution in [2.24, 2.45) is 23.7 Å². The number of rotatable bonds is 5. The van der Waals surface area contributed by atoms with Gasteiger partial charge in [0.2, 0.25) is 11.8 Å². The van der Waals surface area contributed by atoms with Crippen molar-refractivity contribution in [2.75, 3.05) is 10.3 Å². The van der Waals surface area contributed by atoms with E-state index in [9.17, 15) is 23.9 Å². The van der Waals surface area contributed by atoms with Crippen LogP contribution in [0.1, 0.15) is 29.9 Å². The van der Waals surface area contributed by atoms with E-state index >= 15 is 4.79 Å². The molecule has 1 saturated carbocycles. The van der Waals surface area contributed by atoms with E-state index in [1.807, 2.05) is 6.08 Å². The summed E-state index contributed by atoms with van der Waals surface area (Å²) in [5, 5.41) is 12.2. The number of imide groups is 2.